The molecule has 0 radical (unpaired) electrons. The van der Waals surface area contributed by atoms with E-state index in [0.717, 1.165) is 0 Å². The van der Waals surface area contributed by atoms with Crippen LogP contribution in [0.1, 0.15) is 20.8 Å². The number of ketones is 1. The summed E-state index contributed by atoms with van der Waals surface area (Å²) in [7, 11) is 2.74. The highest BCUT2D eigenvalue weighted by Crippen LogP contribution is 2.06. The Balaban J connectivity index is 4.58. The topological polar surface area (TPSA) is 64.6 Å². The Labute approximate surface area is 90.1 Å². The van der Waals surface area contributed by atoms with Crippen LogP contribution in [0, 0.1) is 5.92 Å². The van der Waals surface area contributed by atoms with Gasteiger partial charge >= 0.3 is 6.09 Å². The number of carbonyl (C=O) groups excluding carboxylic acids is 2. The van der Waals surface area contributed by atoms with Crippen molar-refractivity contribution in [2.45, 2.75) is 32.9 Å². The number of nitrogens with one attached hydrogen (secondary N) is 1. The molecule has 2 atom stereocenters. The maximum atomic E-state index is 11.7. The number of ether oxygens (including phenoxy) is 2. The number of hydrogen-bond donors (Lipinski definition) is 1. The molecule has 0 aliphatic heterocycles. The molecule has 88 valence electrons. The summed E-state index contributed by atoms with van der Waals surface area (Å²) < 4.78 is 9.49. The van der Waals surface area contributed by atoms with Crippen molar-refractivity contribution < 1.29 is 19.1 Å². The van der Waals surface area contributed by atoms with Crippen LogP contribution in [-0.4, -0.2) is 38.2 Å². The Bertz CT molecular complexity index is 227. The van der Waals surface area contributed by atoms with Gasteiger partial charge in [-0.2, -0.15) is 0 Å². The highest BCUT2D eigenvalue weighted by atomic mass is 16.5. The van der Waals surface area contributed by atoms with Gasteiger partial charge in [-0.05, 0) is 6.92 Å². The van der Waals surface area contributed by atoms with E-state index in [-0.39, 0.29) is 17.8 Å². The fourth-order valence-electron chi connectivity index (χ4n) is 1.10. The van der Waals surface area contributed by atoms with Crippen molar-refractivity contribution in [3.8, 4) is 0 Å². The van der Waals surface area contributed by atoms with E-state index >= 15 is 0 Å². The van der Waals surface area contributed by atoms with Crippen LogP contribution in [0.3, 0.4) is 0 Å². The van der Waals surface area contributed by atoms with Gasteiger partial charge in [0.25, 0.3) is 0 Å². The van der Waals surface area contributed by atoms with Gasteiger partial charge in [-0.1, -0.05) is 13.8 Å². The molecule has 5 heteroatoms. The van der Waals surface area contributed by atoms with Crippen LogP contribution in [0.15, 0.2) is 0 Å². The lowest BCUT2D eigenvalue weighted by Gasteiger charge is -2.23. The third kappa shape index (κ3) is 4.29. The molecule has 0 heterocycles. The van der Waals surface area contributed by atoms with Gasteiger partial charge in [0.2, 0.25) is 0 Å². The predicted molar refractivity (Wildman–Crippen MR) is 55.6 cm³/mol. The molecule has 0 bridgehead atoms. The first kappa shape index (κ1) is 13.9. The van der Waals surface area contributed by atoms with E-state index in [1.54, 1.807) is 20.8 Å². The van der Waals surface area contributed by atoms with E-state index < -0.39 is 12.1 Å². The normalized spacial score (nSPS) is 14.5. The third-order valence-corrected chi connectivity index (χ3v) is 2.18. The number of Topliss-reactive ketones (excluding diaryl/α,β-unsaturated/α-hetero) is 1. The fraction of sp³-hybridized carbons (Fsp3) is 0.800. The number of alkyl carbamates (subject to hydrolysis) is 1. The molecule has 0 fully saturated rings. The first-order valence-electron chi connectivity index (χ1n) is 4.85. The lowest BCUT2D eigenvalue weighted by molar-refractivity contribution is -0.126. The van der Waals surface area contributed by atoms with Gasteiger partial charge in [-0.3, -0.25) is 4.79 Å². The molecule has 0 aromatic rings. The van der Waals surface area contributed by atoms with E-state index in [1.807, 2.05) is 0 Å². The second kappa shape index (κ2) is 6.40. The summed E-state index contributed by atoms with van der Waals surface area (Å²) in [4.78, 5) is 22.8. The molecule has 1 amide bonds. The number of methoxy groups -OCH3 is 2. The minimum atomic E-state index is -0.664. The molecule has 1 unspecified atom stereocenters. The van der Waals surface area contributed by atoms with Gasteiger partial charge < -0.3 is 14.8 Å². The monoisotopic (exact) mass is 217 g/mol. The van der Waals surface area contributed by atoms with Crippen LogP contribution in [0.2, 0.25) is 0 Å². The molecule has 0 aliphatic rings. The Morgan fingerprint density at radius 1 is 1.13 bits per heavy atom. The predicted octanol–water partition coefficient (Wildman–Crippen LogP) is 0.971. The molecule has 0 aliphatic carbocycles. The van der Waals surface area contributed by atoms with Crippen LogP contribution < -0.4 is 5.32 Å². The van der Waals surface area contributed by atoms with E-state index in [1.165, 1.54) is 14.2 Å². The summed E-state index contributed by atoms with van der Waals surface area (Å²) in [5.41, 5.74) is 0. The zero-order valence-electron chi connectivity index (χ0n) is 9.87. The summed E-state index contributed by atoms with van der Waals surface area (Å²) in [5.74, 6) is -0.237. The standard InChI is InChI=1S/C10H19NO4/c1-6(2)9(12)8(7(3)14-4)11-10(13)15-5/h6-8H,1-5H3,(H,11,13)/t7?,8-/m0/s1. The summed E-state index contributed by atoms with van der Waals surface area (Å²) in [6.45, 7) is 5.27. The van der Waals surface area contributed by atoms with Crippen LogP contribution in [0.25, 0.3) is 0 Å². The summed E-state index contributed by atoms with van der Waals surface area (Å²) >= 11 is 0. The van der Waals surface area contributed by atoms with Crippen molar-refractivity contribution in [2.24, 2.45) is 5.92 Å². The first-order chi connectivity index (χ1) is 6.93. The average molecular weight is 217 g/mol. The van der Waals surface area contributed by atoms with E-state index in [0.29, 0.717) is 0 Å². The van der Waals surface area contributed by atoms with Gasteiger partial charge in [0, 0.05) is 13.0 Å². The summed E-state index contributed by atoms with van der Waals surface area (Å²) in [6.07, 6.45) is -1.00. The number of rotatable bonds is 5. The minimum Gasteiger partial charge on any atom is -0.453 e. The van der Waals surface area contributed by atoms with E-state index in [4.69, 9.17) is 4.74 Å². The molecule has 0 rings (SSSR count). The molecular weight excluding hydrogens is 198 g/mol. The van der Waals surface area contributed by atoms with Crippen LogP contribution in [0.5, 0.6) is 0 Å². The first-order valence-corrected chi connectivity index (χ1v) is 4.85. The molecule has 0 saturated carbocycles. The third-order valence-electron chi connectivity index (χ3n) is 2.18. The average Bonchev–Trinajstić information content (AvgIpc) is 2.23. The molecular formula is C10H19NO4. The minimum absolute atomic E-state index is 0.0743. The van der Waals surface area contributed by atoms with Crippen LogP contribution >= 0.6 is 0 Å². The molecule has 0 spiro atoms. The summed E-state index contributed by atoms with van der Waals surface area (Å²) in [6, 6.07) is -0.664. The zero-order chi connectivity index (χ0) is 12.0. The quantitative estimate of drug-likeness (QED) is 0.745. The largest absolute Gasteiger partial charge is 0.453 e. The van der Waals surface area contributed by atoms with Crippen LogP contribution in [0.4, 0.5) is 4.79 Å². The van der Waals surface area contributed by atoms with Crippen molar-refractivity contribution >= 4 is 11.9 Å². The van der Waals surface area contributed by atoms with Gasteiger partial charge in [-0.25, -0.2) is 4.79 Å². The Hall–Kier alpha value is -1.10. The molecule has 1 N–H and O–H groups in total. The molecule has 5 nitrogen and oxygen atoms in total. The summed E-state index contributed by atoms with van der Waals surface area (Å²) in [5, 5.41) is 2.46. The number of amides is 1. The van der Waals surface area contributed by atoms with Gasteiger partial charge in [-0.15, -0.1) is 0 Å². The van der Waals surface area contributed by atoms with E-state index in [9.17, 15) is 9.59 Å². The Morgan fingerprint density at radius 2 is 1.67 bits per heavy atom. The second-order valence-corrected chi connectivity index (χ2v) is 3.61. The van der Waals surface area contributed by atoms with E-state index in [2.05, 4.69) is 10.1 Å². The molecule has 15 heavy (non-hydrogen) atoms. The van der Waals surface area contributed by atoms with Crippen molar-refractivity contribution in [1.29, 1.82) is 0 Å². The number of hydrogen-bond acceptors (Lipinski definition) is 4. The maximum Gasteiger partial charge on any atom is 0.407 e. The van der Waals surface area contributed by atoms with Crippen molar-refractivity contribution in [3.05, 3.63) is 0 Å². The lowest BCUT2D eigenvalue weighted by atomic mass is 9.98. The lowest BCUT2D eigenvalue weighted by Crippen LogP contribution is -2.49. The van der Waals surface area contributed by atoms with Crippen molar-refractivity contribution in [3.63, 3.8) is 0 Å². The van der Waals surface area contributed by atoms with Gasteiger partial charge in [0.15, 0.2) is 5.78 Å². The molecule has 0 aromatic heterocycles. The van der Waals surface area contributed by atoms with Gasteiger partial charge in [0.1, 0.15) is 6.04 Å². The fourth-order valence-corrected chi connectivity index (χ4v) is 1.10. The van der Waals surface area contributed by atoms with Crippen molar-refractivity contribution in [1.82, 2.24) is 5.32 Å². The Morgan fingerprint density at radius 3 is 2.00 bits per heavy atom. The van der Waals surface area contributed by atoms with Crippen LogP contribution in [-0.2, 0) is 14.3 Å². The smallest absolute Gasteiger partial charge is 0.407 e. The second-order valence-electron chi connectivity index (χ2n) is 3.61. The maximum absolute atomic E-state index is 11.7. The number of carbonyl (C=O) groups is 2. The molecule has 0 saturated heterocycles. The highest BCUT2D eigenvalue weighted by Gasteiger charge is 2.28. The van der Waals surface area contributed by atoms with Crippen molar-refractivity contribution in [2.75, 3.05) is 14.2 Å². The highest BCUT2D eigenvalue weighted by molar-refractivity contribution is 5.89. The van der Waals surface area contributed by atoms with Gasteiger partial charge in [0.05, 0.1) is 13.2 Å². The zero-order valence-corrected chi connectivity index (χ0v) is 9.87. The Kier molecular flexibility index (Phi) is 5.93. The SMILES string of the molecule is COC(=O)N[C@H](C(=O)C(C)C)C(C)OC. The molecule has 0 aromatic carbocycles.